The summed E-state index contributed by atoms with van der Waals surface area (Å²) in [6.07, 6.45) is 0.828. The van der Waals surface area contributed by atoms with Gasteiger partial charge in [0, 0.05) is 25.8 Å². The van der Waals surface area contributed by atoms with E-state index in [0.29, 0.717) is 25.8 Å². The van der Waals surface area contributed by atoms with Gasteiger partial charge in [0.25, 0.3) is 0 Å². The van der Waals surface area contributed by atoms with Crippen LogP contribution in [0.15, 0.2) is 24.3 Å². The van der Waals surface area contributed by atoms with Gasteiger partial charge in [0.2, 0.25) is 0 Å². The molecule has 0 aliphatic heterocycles. The van der Waals surface area contributed by atoms with Gasteiger partial charge in [-0.05, 0) is 38.0 Å². The van der Waals surface area contributed by atoms with Gasteiger partial charge in [0.1, 0.15) is 5.75 Å². The fourth-order valence-electron chi connectivity index (χ4n) is 2.11. The topological polar surface area (TPSA) is 39.7 Å². The first-order valence-electron chi connectivity index (χ1n) is 7.35. The van der Waals surface area contributed by atoms with E-state index in [9.17, 15) is 0 Å². The zero-order valence-corrected chi connectivity index (χ0v) is 13.0. The molecule has 0 heterocycles. The van der Waals surface area contributed by atoms with Crippen molar-refractivity contribution in [1.82, 2.24) is 5.32 Å². The van der Waals surface area contributed by atoms with Crippen molar-refractivity contribution in [2.24, 2.45) is 0 Å². The van der Waals surface area contributed by atoms with Crippen molar-refractivity contribution in [3.8, 4) is 5.75 Å². The first-order chi connectivity index (χ1) is 9.74. The first kappa shape index (κ1) is 17.0. The van der Waals surface area contributed by atoms with Crippen LogP contribution in [0.1, 0.15) is 38.8 Å². The van der Waals surface area contributed by atoms with Gasteiger partial charge in [-0.15, -0.1) is 0 Å². The lowest BCUT2D eigenvalue weighted by Crippen LogP contribution is -2.33. The van der Waals surface area contributed by atoms with Crippen molar-refractivity contribution in [3.05, 3.63) is 29.8 Å². The van der Waals surface area contributed by atoms with Crippen LogP contribution in [0.3, 0.4) is 0 Å². The van der Waals surface area contributed by atoms with Crippen molar-refractivity contribution >= 4 is 0 Å². The standard InChI is InChI=1S/C16H27NO3/c1-5-15(13-8-10-14(18-4)11-9-13)17-12-16(19-6-2)20-7-3/h8-11,15-17H,5-7,12H2,1-4H3. The van der Waals surface area contributed by atoms with E-state index in [2.05, 4.69) is 24.4 Å². The summed E-state index contributed by atoms with van der Waals surface area (Å²) in [6, 6.07) is 8.46. The molecule has 0 saturated carbocycles. The largest absolute Gasteiger partial charge is 0.497 e. The summed E-state index contributed by atoms with van der Waals surface area (Å²) in [7, 11) is 1.68. The highest BCUT2D eigenvalue weighted by Gasteiger charge is 2.13. The van der Waals surface area contributed by atoms with E-state index in [4.69, 9.17) is 14.2 Å². The third-order valence-corrected chi connectivity index (χ3v) is 3.16. The van der Waals surface area contributed by atoms with Crippen LogP contribution in [0, 0.1) is 0 Å². The molecule has 0 amide bonds. The van der Waals surface area contributed by atoms with Crippen LogP contribution in [-0.2, 0) is 9.47 Å². The van der Waals surface area contributed by atoms with E-state index in [0.717, 1.165) is 12.2 Å². The number of hydrogen-bond donors (Lipinski definition) is 1. The van der Waals surface area contributed by atoms with E-state index in [1.807, 2.05) is 26.0 Å². The lowest BCUT2D eigenvalue weighted by atomic mass is 10.0. The minimum Gasteiger partial charge on any atom is -0.497 e. The minimum absolute atomic E-state index is 0.183. The van der Waals surface area contributed by atoms with Crippen molar-refractivity contribution in [1.29, 1.82) is 0 Å². The summed E-state index contributed by atoms with van der Waals surface area (Å²) in [4.78, 5) is 0. The fourth-order valence-corrected chi connectivity index (χ4v) is 2.11. The Kier molecular flexibility index (Phi) is 8.26. The van der Waals surface area contributed by atoms with E-state index in [1.165, 1.54) is 5.56 Å². The highest BCUT2D eigenvalue weighted by Crippen LogP contribution is 2.20. The molecule has 0 aliphatic carbocycles. The SMILES string of the molecule is CCOC(CNC(CC)c1ccc(OC)cc1)OCC. The molecular formula is C16H27NO3. The Labute approximate surface area is 122 Å². The van der Waals surface area contributed by atoms with Crippen molar-refractivity contribution < 1.29 is 14.2 Å². The lowest BCUT2D eigenvalue weighted by molar-refractivity contribution is -0.133. The summed E-state index contributed by atoms with van der Waals surface area (Å²) in [5, 5.41) is 3.50. The van der Waals surface area contributed by atoms with E-state index < -0.39 is 0 Å². The van der Waals surface area contributed by atoms with Gasteiger partial charge >= 0.3 is 0 Å². The maximum atomic E-state index is 5.54. The molecule has 1 atom stereocenters. The number of ether oxygens (including phenoxy) is 3. The summed E-state index contributed by atoms with van der Waals surface area (Å²) in [6.45, 7) is 8.13. The van der Waals surface area contributed by atoms with Gasteiger partial charge in [-0.3, -0.25) is 0 Å². The Morgan fingerprint density at radius 1 is 1.00 bits per heavy atom. The fraction of sp³-hybridized carbons (Fsp3) is 0.625. The second kappa shape index (κ2) is 9.75. The van der Waals surface area contributed by atoms with Crippen LogP contribution in [0.5, 0.6) is 5.75 Å². The van der Waals surface area contributed by atoms with Gasteiger partial charge in [0.15, 0.2) is 6.29 Å². The summed E-state index contributed by atoms with van der Waals surface area (Å²) in [5.74, 6) is 0.880. The molecule has 4 heteroatoms. The van der Waals surface area contributed by atoms with Crippen molar-refractivity contribution in [2.45, 2.75) is 39.5 Å². The lowest BCUT2D eigenvalue weighted by Gasteiger charge is -2.22. The van der Waals surface area contributed by atoms with E-state index in [-0.39, 0.29) is 6.29 Å². The first-order valence-corrected chi connectivity index (χ1v) is 7.35. The average Bonchev–Trinajstić information content (AvgIpc) is 2.49. The molecule has 0 aromatic heterocycles. The Hall–Kier alpha value is -1.10. The molecule has 0 saturated heterocycles. The number of methoxy groups -OCH3 is 1. The molecule has 0 spiro atoms. The predicted octanol–water partition coefficient (Wildman–Crippen LogP) is 3.14. The van der Waals surface area contributed by atoms with Crippen molar-refractivity contribution in [2.75, 3.05) is 26.9 Å². The third kappa shape index (κ3) is 5.49. The second-order valence-electron chi connectivity index (χ2n) is 4.48. The Morgan fingerprint density at radius 3 is 2.05 bits per heavy atom. The van der Waals surface area contributed by atoms with Gasteiger partial charge < -0.3 is 19.5 Å². The van der Waals surface area contributed by atoms with Gasteiger partial charge in [-0.25, -0.2) is 0 Å². The number of rotatable bonds is 10. The van der Waals surface area contributed by atoms with Gasteiger partial charge in [-0.1, -0.05) is 19.1 Å². The number of nitrogens with one attached hydrogen (secondary N) is 1. The molecule has 0 aliphatic rings. The minimum atomic E-state index is -0.183. The Bertz CT molecular complexity index is 347. The molecular weight excluding hydrogens is 254 g/mol. The Balaban J connectivity index is 2.56. The second-order valence-corrected chi connectivity index (χ2v) is 4.48. The van der Waals surface area contributed by atoms with Crippen LogP contribution in [0.4, 0.5) is 0 Å². The quantitative estimate of drug-likeness (QED) is 0.669. The monoisotopic (exact) mass is 281 g/mol. The zero-order chi connectivity index (χ0) is 14.8. The summed E-state index contributed by atoms with van der Waals surface area (Å²) in [5.41, 5.74) is 1.25. The van der Waals surface area contributed by atoms with E-state index in [1.54, 1.807) is 7.11 Å². The van der Waals surface area contributed by atoms with Gasteiger partial charge in [0.05, 0.1) is 7.11 Å². The number of benzene rings is 1. The summed E-state index contributed by atoms with van der Waals surface area (Å²) >= 11 is 0. The van der Waals surface area contributed by atoms with Crippen LogP contribution in [0.2, 0.25) is 0 Å². The molecule has 0 fully saturated rings. The zero-order valence-electron chi connectivity index (χ0n) is 13.0. The van der Waals surface area contributed by atoms with Crippen LogP contribution < -0.4 is 10.1 Å². The third-order valence-electron chi connectivity index (χ3n) is 3.16. The predicted molar refractivity (Wildman–Crippen MR) is 81.1 cm³/mol. The van der Waals surface area contributed by atoms with Crippen LogP contribution >= 0.6 is 0 Å². The molecule has 1 rings (SSSR count). The molecule has 114 valence electrons. The molecule has 20 heavy (non-hydrogen) atoms. The molecule has 1 N–H and O–H groups in total. The molecule has 0 bridgehead atoms. The average molecular weight is 281 g/mol. The van der Waals surface area contributed by atoms with E-state index >= 15 is 0 Å². The van der Waals surface area contributed by atoms with Crippen LogP contribution in [0.25, 0.3) is 0 Å². The Morgan fingerprint density at radius 2 is 1.60 bits per heavy atom. The molecule has 4 nitrogen and oxygen atoms in total. The number of hydrogen-bond acceptors (Lipinski definition) is 4. The van der Waals surface area contributed by atoms with Crippen molar-refractivity contribution in [3.63, 3.8) is 0 Å². The maximum absolute atomic E-state index is 5.54. The summed E-state index contributed by atoms with van der Waals surface area (Å²) < 4.78 is 16.3. The molecule has 0 radical (unpaired) electrons. The maximum Gasteiger partial charge on any atom is 0.169 e. The molecule has 1 aromatic rings. The molecule has 1 unspecified atom stereocenters. The van der Waals surface area contributed by atoms with Crippen LogP contribution in [-0.4, -0.2) is 33.2 Å². The van der Waals surface area contributed by atoms with Gasteiger partial charge in [-0.2, -0.15) is 0 Å². The smallest absolute Gasteiger partial charge is 0.169 e. The highest BCUT2D eigenvalue weighted by atomic mass is 16.7. The molecule has 1 aromatic carbocycles. The highest BCUT2D eigenvalue weighted by molar-refractivity contribution is 5.29. The normalized spacial score (nSPS) is 12.7.